The molecule has 1 atom stereocenters. The molecule has 1 unspecified atom stereocenters. The van der Waals surface area contributed by atoms with Crippen LogP contribution < -0.4 is 5.32 Å². The van der Waals surface area contributed by atoms with Crippen molar-refractivity contribution in [3.63, 3.8) is 0 Å². The molecule has 0 bridgehead atoms. The zero-order chi connectivity index (χ0) is 12.5. The second-order valence-electron chi connectivity index (χ2n) is 4.19. The molecule has 1 N–H and O–H groups in total. The molecular weight excluding hydrogens is 220 g/mol. The second-order valence-corrected chi connectivity index (χ2v) is 4.19. The van der Waals surface area contributed by atoms with Crippen molar-refractivity contribution in [2.24, 2.45) is 0 Å². The fourth-order valence-electron chi connectivity index (χ4n) is 1.96. The van der Waals surface area contributed by atoms with Crippen molar-refractivity contribution in [3.8, 4) is 0 Å². The van der Waals surface area contributed by atoms with E-state index in [1.54, 1.807) is 7.05 Å². The van der Waals surface area contributed by atoms with Crippen LogP contribution in [0.3, 0.4) is 0 Å². The molecule has 5 heteroatoms. The van der Waals surface area contributed by atoms with Crippen molar-refractivity contribution >= 4 is 5.97 Å². The maximum absolute atomic E-state index is 11.6. The van der Waals surface area contributed by atoms with Crippen molar-refractivity contribution < 1.29 is 14.3 Å². The molecule has 0 aromatic rings. The van der Waals surface area contributed by atoms with Crippen molar-refractivity contribution in [2.45, 2.75) is 25.8 Å². The quantitative estimate of drug-likeness (QED) is 0.679. The Hall–Kier alpha value is -0.650. The zero-order valence-corrected chi connectivity index (χ0v) is 10.9. The minimum Gasteiger partial charge on any atom is -0.465 e. The van der Waals surface area contributed by atoms with Crippen molar-refractivity contribution in [1.29, 1.82) is 0 Å². The van der Waals surface area contributed by atoms with E-state index >= 15 is 0 Å². The van der Waals surface area contributed by atoms with Crippen LogP contribution >= 0.6 is 0 Å². The van der Waals surface area contributed by atoms with Gasteiger partial charge in [0.05, 0.1) is 13.2 Å². The minimum atomic E-state index is -0.195. The number of nitrogens with one attached hydrogen (secondary N) is 1. The number of hydrogen-bond acceptors (Lipinski definition) is 5. The zero-order valence-electron chi connectivity index (χ0n) is 10.9. The number of nitrogens with zero attached hydrogens (tertiary/aromatic N) is 1. The van der Waals surface area contributed by atoms with Crippen LogP contribution in [-0.4, -0.2) is 63.4 Å². The summed E-state index contributed by atoms with van der Waals surface area (Å²) in [6.45, 7) is 6.84. The van der Waals surface area contributed by atoms with Crippen LogP contribution in [0.4, 0.5) is 0 Å². The van der Waals surface area contributed by atoms with Crippen molar-refractivity contribution in [2.75, 3.05) is 46.5 Å². The van der Waals surface area contributed by atoms with Gasteiger partial charge in [0.25, 0.3) is 0 Å². The van der Waals surface area contributed by atoms with E-state index in [0.29, 0.717) is 6.61 Å². The largest absolute Gasteiger partial charge is 0.465 e. The first-order valence-corrected chi connectivity index (χ1v) is 6.42. The van der Waals surface area contributed by atoms with E-state index in [9.17, 15) is 4.79 Å². The standard InChI is InChI=1S/C12H24N2O3/c1-3-17-12(15)11(13-2)5-7-14-6-4-9-16-10-8-14/h11,13H,3-10H2,1-2H3. The number of carbonyl (C=O) groups excluding carboxylic acids is 1. The molecule has 1 fully saturated rings. The summed E-state index contributed by atoms with van der Waals surface area (Å²) in [5, 5.41) is 3.01. The lowest BCUT2D eigenvalue weighted by Crippen LogP contribution is -2.39. The normalized spacial score (nSPS) is 19.6. The summed E-state index contributed by atoms with van der Waals surface area (Å²) in [5.74, 6) is -0.152. The summed E-state index contributed by atoms with van der Waals surface area (Å²) in [4.78, 5) is 13.9. The predicted molar refractivity (Wildman–Crippen MR) is 66.0 cm³/mol. The molecule has 1 aliphatic heterocycles. The lowest BCUT2D eigenvalue weighted by molar-refractivity contribution is -0.145. The van der Waals surface area contributed by atoms with Crippen LogP contribution in [0.5, 0.6) is 0 Å². The number of esters is 1. The number of ether oxygens (including phenoxy) is 2. The highest BCUT2D eigenvalue weighted by molar-refractivity contribution is 5.75. The number of rotatable bonds is 6. The van der Waals surface area contributed by atoms with Crippen LogP contribution in [0.15, 0.2) is 0 Å². The summed E-state index contributed by atoms with van der Waals surface area (Å²) in [6.07, 6.45) is 1.86. The Morgan fingerprint density at radius 2 is 2.29 bits per heavy atom. The molecule has 0 aromatic carbocycles. The van der Waals surface area contributed by atoms with Gasteiger partial charge in [0.1, 0.15) is 6.04 Å². The average Bonchev–Trinajstić information content (AvgIpc) is 2.59. The minimum absolute atomic E-state index is 0.152. The third-order valence-electron chi connectivity index (χ3n) is 2.97. The third-order valence-corrected chi connectivity index (χ3v) is 2.97. The van der Waals surface area contributed by atoms with Gasteiger partial charge in [-0.05, 0) is 26.8 Å². The maximum atomic E-state index is 11.6. The van der Waals surface area contributed by atoms with E-state index in [1.165, 1.54) is 0 Å². The molecule has 5 nitrogen and oxygen atoms in total. The van der Waals surface area contributed by atoms with Gasteiger partial charge in [-0.15, -0.1) is 0 Å². The first-order chi connectivity index (χ1) is 8.27. The van der Waals surface area contributed by atoms with E-state index in [-0.39, 0.29) is 12.0 Å². The number of likely N-dealkylation sites (N-methyl/N-ethyl adjacent to an activating group) is 1. The summed E-state index contributed by atoms with van der Waals surface area (Å²) >= 11 is 0. The number of hydrogen-bond donors (Lipinski definition) is 1. The Bertz CT molecular complexity index is 216. The molecule has 17 heavy (non-hydrogen) atoms. The van der Waals surface area contributed by atoms with E-state index in [1.807, 2.05) is 6.92 Å². The Balaban J connectivity index is 2.28. The van der Waals surface area contributed by atoms with Gasteiger partial charge < -0.3 is 19.7 Å². The average molecular weight is 244 g/mol. The van der Waals surface area contributed by atoms with Crippen LogP contribution in [-0.2, 0) is 14.3 Å². The molecular formula is C12H24N2O3. The fraction of sp³-hybridized carbons (Fsp3) is 0.917. The molecule has 1 heterocycles. The smallest absolute Gasteiger partial charge is 0.323 e. The Morgan fingerprint density at radius 1 is 1.47 bits per heavy atom. The Labute approximate surface area is 103 Å². The van der Waals surface area contributed by atoms with Gasteiger partial charge in [-0.3, -0.25) is 4.79 Å². The molecule has 0 amide bonds. The van der Waals surface area contributed by atoms with Gasteiger partial charge in [-0.1, -0.05) is 0 Å². The Kier molecular flexibility index (Phi) is 7.16. The van der Waals surface area contributed by atoms with Gasteiger partial charge in [-0.2, -0.15) is 0 Å². The first kappa shape index (κ1) is 14.4. The second kappa shape index (κ2) is 8.44. The summed E-state index contributed by atoms with van der Waals surface area (Å²) < 4.78 is 10.4. The predicted octanol–water partition coefficient (Wildman–Crippen LogP) is 0.250. The van der Waals surface area contributed by atoms with Gasteiger partial charge >= 0.3 is 5.97 Å². The first-order valence-electron chi connectivity index (χ1n) is 6.42. The molecule has 1 aliphatic rings. The van der Waals surface area contributed by atoms with Crippen LogP contribution in [0.25, 0.3) is 0 Å². The van der Waals surface area contributed by atoms with Crippen LogP contribution in [0.1, 0.15) is 19.8 Å². The Morgan fingerprint density at radius 3 is 3.00 bits per heavy atom. The van der Waals surface area contributed by atoms with Gasteiger partial charge in [0.15, 0.2) is 0 Å². The van der Waals surface area contributed by atoms with Crippen LogP contribution in [0, 0.1) is 0 Å². The molecule has 1 rings (SSSR count). The third kappa shape index (κ3) is 5.48. The summed E-state index contributed by atoms with van der Waals surface area (Å²) in [7, 11) is 1.80. The molecule has 0 aliphatic carbocycles. The van der Waals surface area contributed by atoms with Gasteiger partial charge in [0, 0.05) is 26.2 Å². The molecule has 0 saturated carbocycles. The van der Waals surface area contributed by atoms with E-state index in [0.717, 1.165) is 45.7 Å². The SMILES string of the molecule is CCOC(=O)C(CCN1CCCOCC1)NC. The highest BCUT2D eigenvalue weighted by Crippen LogP contribution is 2.03. The van der Waals surface area contributed by atoms with E-state index < -0.39 is 0 Å². The fourth-order valence-corrected chi connectivity index (χ4v) is 1.96. The van der Waals surface area contributed by atoms with Gasteiger partial charge in [-0.25, -0.2) is 0 Å². The molecule has 1 saturated heterocycles. The monoisotopic (exact) mass is 244 g/mol. The lowest BCUT2D eigenvalue weighted by atomic mass is 10.2. The summed E-state index contributed by atoms with van der Waals surface area (Å²) in [6, 6.07) is -0.195. The summed E-state index contributed by atoms with van der Waals surface area (Å²) in [5.41, 5.74) is 0. The van der Waals surface area contributed by atoms with E-state index in [2.05, 4.69) is 10.2 Å². The topological polar surface area (TPSA) is 50.8 Å². The number of carbonyl (C=O) groups is 1. The molecule has 100 valence electrons. The van der Waals surface area contributed by atoms with Crippen molar-refractivity contribution in [3.05, 3.63) is 0 Å². The van der Waals surface area contributed by atoms with Crippen molar-refractivity contribution in [1.82, 2.24) is 10.2 Å². The molecule has 0 aromatic heterocycles. The van der Waals surface area contributed by atoms with Gasteiger partial charge in [0.2, 0.25) is 0 Å². The molecule has 0 spiro atoms. The van der Waals surface area contributed by atoms with Crippen LogP contribution in [0.2, 0.25) is 0 Å². The highest BCUT2D eigenvalue weighted by atomic mass is 16.5. The molecule has 0 radical (unpaired) electrons. The highest BCUT2D eigenvalue weighted by Gasteiger charge is 2.19. The van der Waals surface area contributed by atoms with E-state index in [4.69, 9.17) is 9.47 Å². The maximum Gasteiger partial charge on any atom is 0.323 e. The lowest BCUT2D eigenvalue weighted by Gasteiger charge is -2.22.